The molecule has 1 unspecified atom stereocenters. The molecule has 0 amide bonds. The van der Waals surface area contributed by atoms with Crippen LogP contribution >= 0.6 is 0 Å². The predicted molar refractivity (Wildman–Crippen MR) is 81.3 cm³/mol. The van der Waals surface area contributed by atoms with E-state index in [-0.39, 0.29) is 0 Å². The molecule has 1 aromatic rings. The fourth-order valence-corrected chi connectivity index (χ4v) is 3.17. The topological polar surface area (TPSA) is 20.2 Å². The van der Waals surface area contributed by atoms with Crippen molar-refractivity contribution in [1.29, 1.82) is 0 Å². The molecule has 19 heavy (non-hydrogen) atoms. The maximum absolute atomic E-state index is 10.9. The summed E-state index contributed by atoms with van der Waals surface area (Å²) in [6.45, 7) is 6.83. The van der Waals surface area contributed by atoms with Crippen molar-refractivity contribution >= 4 is 0 Å². The minimum Gasteiger partial charge on any atom is -0.390 e. The van der Waals surface area contributed by atoms with Crippen molar-refractivity contribution in [2.24, 2.45) is 5.41 Å². The van der Waals surface area contributed by atoms with Crippen molar-refractivity contribution < 1.29 is 5.11 Å². The molecule has 0 bridgehead atoms. The Hall–Kier alpha value is -0.820. The Morgan fingerprint density at radius 2 is 1.58 bits per heavy atom. The monoisotopic (exact) mass is 260 g/mol. The van der Waals surface area contributed by atoms with Crippen LogP contribution < -0.4 is 0 Å². The van der Waals surface area contributed by atoms with Gasteiger partial charge in [-0.05, 0) is 48.6 Å². The summed E-state index contributed by atoms with van der Waals surface area (Å²) < 4.78 is 0. The lowest BCUT2D eigenvalue weighted by molar-refractivity contribution is 0.0226. The summed E-state index contributed by atoms with van der Waals surface area (Å²) in [5.74, 6) is 0. The Morgan fingerprint density at radius 1 is 0.947 bits per heavy atom. The summed E-state index contributed by atoms with van der Waals surface area (Å²) in [5, 5.41) is 10.9. The largest absolute Gasteiger partial charge is 0.390 e. The van der Waals surface area contributed by atoms with E-state index >= 15 is 0 Å². The highest BCUT2D eigenvalue weighted by molar-refractivity contribution is 5.23. The van der Waals surface area contributed by atoms with Crippen LogP contribution in [0.15, 0.2) is 24.3 Å². The fraction of sp³-hybridized carbons (Fsp3) is 0.667. The molecule has 0 heterocycles. The Labute approximate surface area is 118 Å². The van der Waals surface area contributed by atoms with Gasteiger partial charge in [-0.3, -0.25) is 0 Å². The van der Waals surface area contributed by atoms with Gasteiger partial charge < -0.3 is 5.11 Å². The third-order valence-corrected chi connectivity index (χ3v) is 4.73. The Morgan fingerprint density at radius 3 is 2.21 bits per heavy atom. The number of aliphatic hydroxyl groups is 1. The highest BCUT2D eigenvalue weighted by Crippen LogP contribution is 2.39. The van der Waals surface area contributed by atoms with E-state index < -0.39 is 5.60 Å². The molecule has 0 aromatic heterocycles. The predicted octanol–water partition coefficient (Wildman–Crippen LogP) is 4.51. The molecule has 0 aliphatic heterocycles. The average molecular weight is 260 g/mol. The van der Waals surface area contributed by atoms with Crippen molar-refractivity contribution in [1.82, 2.24) is 0 Å². The second-order valence-corrected chi connectivity index (χ2v) is 7.09. The molecule has 1 N–H and O–H groups in total. The lowest BCUT2D eigenvalue weighted by Crippen LogP contribution is -2.31. The van der Waals surface area contributed by atoms with Crippen molar-refractivity contribution in [3.05, 3.63) is 35.4 Å². The van der Waals surface area contributed by atoms with Crippen molar-refractivity contribution in [2.75, 3.05) is 0 Å². The van der Waals surface area contributed by atoms with E-state index in [1.54, 1.807) is 0 Å². The van der Waals surface area contributed by atoms with Crippen LogP contribution in [0.2, 0.25) is 0 Å². The molecule has 1 fully saturated rings. The van der Waals surface area contributed by atoms with Crippen molar-refractivity contribution in [3.63, 3.8) is 0 Å². The maximum atomic E-state index is 10.9. The van der Waals surface area contributed by atoms with Gasteiger partial charge in [0.25, 0.3) is 0 Å². The Kier molecular flexibility index (Phi) is 4.35. The Balaban J connectivity index is 2.03. The van der Waals surface area contributed by atoms with Gasteiger partial charge in [-0.1, -0.05) is 51.5 Å². The first kappa shape index (κ1) is 14.6. The van der Waals surface area contributed by atoms with Gasteiger partial charge in [0.15, 0.2) is 0 Å². The third kappa shape index (κ3) is 4.07. The Bertz CT molecular complexity index is 404. The first-order chi connectivity index (χ1) is 8.92. The summed E-state index contributed by atoms with van der Waals surface area (Å²) in [5.41, 5.74) is 2.56. The zero-order chi connectivity index (χ0) is 13.9. The van der Waals surface area contributed by atoms with Gasteiger partial charge >= 0.3 is 0 Å². The van der Waals surface area contributed by atoms with Gasteiger partial charge in [-0.15, -0.1) is 0 Å². The van der Waals surface area contributed by atoms with Crippen LogP contribution in [0, 0.1) is 5.41 Å². The first-order valence-corrected chi connectivity index (χ1v) is 7.73. The molecule has 106 valence electrons. The van der Waals surface area contributed by atoms with E-state index in [9.17, 15) is 5.11 Å². The average Bonchev–Trinajstić information content (AvgIpc) is 2.50. The zero-order valence-electron chi connectivity index (χ0n) is 12.7. The van der Waals surface area contributed by atoms with Crippen LogP contribution in [0.5, 0.6) is 0 Å². The van der Waals surface area contributed by atoms with Gasteiger partial charge in [-0.2, -0.15) is 0 Å². The van der Waals surface area contributed by atoms with Crippen LogP contribution in [0.1, 0.15) is 64.0 Å². The van der Waals surface area contributed by atoms with E-state index in [0.29, 0.717) is 5.41 Å². The van der Waals surface area contributed by atoms with E-state index in [1.165, 1.54) is 17.5 Å². The number of hydrogen-bond donors (Lipinski definition) is 1. The molecule has 0 saturated heterocycles. The highest BCUT2D eigenvalue weighted by atomic mass is 16.3. The fourth-order valence-electron chi connectivity index (χ4n) is 3.17. The molecular weight excluding hydrogens is 232 g/mol. The lowest BCUT2D eigenvalue weighted by Gasteiger charge is -2.28. The summed E-state index contributed by atoms with van der Waals surface area (Å²) in [6, 6.07) is 8.76. The van der Waals surface area contributed by atoms with Crippen LogP contribution in [0.25, 0.3) is 0 Å². The standard InChI is InChI=1S/C18H28O/c1-4-15-6-8-16(9-7-15)14-18(19)11-5-10-17(2,3)12-13-18/h6-9,19H,4-5,10-14H2,1-3H3. The maximum Gasteiger partial charge on any atom is 0.0688 e. The van der Waals surface area contributed by atoms with Gasteiger partial charge in [0.2, 0.25) is 0 Å². The van der Waals surface area contributed by atoms with Crippen LogP contribution in [0.3, 0.4) is 0 Å². The summed E-state index contributed by atoms with van der Waals surface area (Å²) in [7, 11) is 0. The summed E-state index contributed by atoms with van der Waals surface area (Å²) >= 11 is 0. The molecule has 1 aliphatic carbocycles. The molecule has 1 aliphatic rings. The molecule has 1 aromatic carbocycles. The van der Waals surface area contributed by atoms with Gasteiger partial charge in [0, 0.05) is 6.42 Å². The third-order valence-electron chi connectivity index (χ3n) is 4.73. The molecule has 2 rings (SSSR count). The summed E-state index contributed by atoms with van der Waals surface area (Å²) in [4.78, 5) is 0. The zero-order valence-corrected chi connectivity index (χ0v) is 12.7. The van der Waals surface area contributed by atoms with Crippen LogP contribution in [0.4, 0.5) is 0 Å². The van der Waals surface area contributed by atoms with E-state index in [2.05, 4.69) is 45.0 Å². The SMILES string of the molecule is CCc1ccc(CC2(O)CCCC(C)(C)CC2)cc1. The van der Waals surface area contributed by atoms with Crippen molar-refractivity contribution in [3.8, 4) is 0 Å². The van der Waals surface area contributed by atoms with Gasteiger partial charge in [0.1, 0.15) is 0 Å². The lowest BCUT2D eigenvalue weighted by atomic mass is 9.83. The quantitative estimate of drug-likeness (QED) is 0.793. The number of aryl methyl sites for hydroxylation is 1. The van der Waals surface area contributed by atoms with Crippen LogP contribution in [-0.4, -0.2) is 10.7 Å². The van der Waals surface area contributed by atoms with E-state index in [0.717, 1.165) is 38.5 Å². The highest BCUT2D eigenvalue weighted by Gasteiger charge is 2.33. The minimum atomic E-state index is -0.485. The summed E-state index contributed by atoms with van der Waals surface area (Å²) in [6.07, 6.45) is 7.31. The van der Waals surface area contributed by atoms with Crippen molar-refractivity contribution in [2.45, 2.75) is 71.3 Å². The second-order valence-electron chi connectivity index (χ2n) is 7.09. The first-order valence-electron chi connectivity index (χ1n) is 7.73. The smallest absolute Gasteiger partial charge is 0.0688 e. The van der Waals surface area contributed by atoms with E-state index in [4.69, 9.17) is 0 Å². The number of hydrogen-bond acceptors (Lipinski definition) is 1. The molecule has 1 saturated carbocycles. The van der Waals surface area contributed by atoms with Gasteiger partial charge in [0.05, 0.1) is 5.60 Å². The molecule has 1 nitrogen and oxygen atoms in total. The normalized spacial score (nSPS) is 26.9. The molecule has 1 atom stereocenters. The molecular formula is C18H28O. The van der Waals surface area contributed by atoms with E-state index in [1.807, 2.05) is 0 Å². The molecule has 1 heteroatoms. The minimum absolute atomic E-state index is 0.399. The molecule has 0 spiro atoms. The number of rotatable bonds is 3. The number of benzene rings is 1. The van der Waals surface area contributed by atoms with Gasteiger partial charge in [-0.25, -0.2) is 0 Å². The van der Waals surface area contributed by atoms with Crippen LogP contribution in [-0.2, 0) is 12.8 Å². The molecule has 0 radical (unpaired) electrons. The second kappa shape index (κ2) is 5.66.